The zero-order valence-corrected chi connectivity index (χ0v) is 9.89. The highest BCUT2D eigenvalue weighted by atomic mass is 16.1. The lowest BCUT2D eigenvalue weighted by Crippen LogP contribution is -2.34. The van der Waals surface area contributed by atoms with Crippen LogP contribution >= 0.6 is 0 Å². The van der Waals surface area contributed by atoms with Crippen molar-refractivity contribution in [3.05, 3.63) is 28.9 Å². The Morgan fingerprint density at radius 2 is 2.18 bits per heavy atom. The molecule has 17 heavy (non-hydrogen) atoms. The van der Waals surface area contributed by atoms with Crippen LogP contribution in [-0.2, 0) is 0 Å². The molecule has 1 N–H and O–H groups in total. The molecule has 1 aliphatic heterocycles. The molecule has 0 amide bonds. The van der Waals surface area contributed by atoms with Crippen LogP contribution in [0, 0.1) is 0 Å². The maximum absolute atomic E-state index is 12.0. The van der Waals surface area contributed by atoms with E-state index in [2.05, 4.69) is 21.9 Å². The number of rotatable bonds is 1. The van der Waals surface area contributed by atoms with Crippen molar-refractivity contribution in [2.75, 3.05) is 20.1 Å². The summed E-state index contributed by atoms with van der Waals surface area (Å²) in [6.45, 7) is 2.09. The van der Waals surface area contributed by atoms with E-state index in [0.717, 1.165) is 37.0 Å². The summed E-state index contributed by atoms with van der Waals surface area (Å²) in [7, 11) is 2.12. The lowest BCUT2D eigenvalue weighted by Gasteiger charge is -2.29. The summed E-state index contributed by atoms with van der Waals surface area (Å²) in [5.74, 6) is 0. The molecule has 0 atom stereocenters. The summed E-state index contributed by atoms with van der Waals surface area (Å²) >= 11 is 0. The van der Waals surface area contributed by atoms with Gasteiger partial charge in [0, 0.05) is 12.2 Å². The third-order valence-electron chi connectivity index (χ3n) is 3.57. The highest BCUT2D eigenvalue weighted by Crippen LogP contribution is 2.23. The molecule has 0 radical (unpaired) electrons. The molecule has 5 heteroatoms. The van der Waals surface area contributed by atoms with Crippen LogP contribution in [0.4, 0.5) is 0 Å². The van der Waals surface area contributed by atoms with Crippen LogP contribution in [0.15, 0.2) is 23.3 Å². The fourth-order valence-corrected chi connectivity index (χ4v) is 2.58. The first kappa shape index (κ1) is 10.5. The molecule has 0 unspecified atom stereocenters. The third-order valence-corrected chi connectivity index (χ3v) is 3.57. The summed E-state index contributed by atoms with van der Waals surface area (Å²) in [5, 5.41) is 0. The predicted molar refractivity (Wildman–Crippen MR) is 66.1 cm³/mol. The van der Waals surface area contributed by atoms with Crippen LogP contribution in [0.3, 0.4) is 0 Å². The second-order valence-electron chi connectivity index (χ2n) is 4.73. The molecular weight excluding hydrogens is 216 g/mol. The van der Waals surface area contributed by atoms with Gasteiger partial charge in [-0.3, -0.25) is 9.55 Å². The normalized spacial score (nSPS) is 18.9. The second-order valence-corrected chi connectivity index (χ2v) is 4.73. The standard InChI is InChI=1S/C12H16N4O/c1-15-6-3-9(4-7-15)16-11-8-13-5-2-10(11)14-12(16)17/h2,5,8-9H,3-4,6-7H2,1H3,(H,14,17). The van der Waals surface area contributed by atoms with Crippen molar-refractivity contribution in [3.8, 4) is 0 Å². The van der Waals surface area contributed by atoms with Crippen molar-refractivity contribution in [1.29, 1.82) is 0 Å². The van der Waals surface area contributed by atoms with Crippen molar-refractivity contribution in [2.45, 2.75) is 18.9 Å². The molecule has 5 nitrogen and oxygen atoms in total. The summed E-state index contributed by atoms with van der Waals surface area (Å²) < 4.78 is 1.87. The summed E-state index contributed by atoms with van der Waals surface area (Å²) in [4.78, 5) is 21.3. The molecule has 2 aromatic heterocycles. The lowest BCUT2D eigenvalue weighted by atomic mass is 10.1. The van der Waals surface area contributed by atoms with Crippen LogP contribution in [0.5, 0.6) is 0 Å². The van der Waals surface area contributed by atoms with E-state index in [-0.39, 0.29) is 5.69 Å². The van der Waals surface area contributed by atoms with Crippen LogP contribution in [0.25, 0.3) is 11.0 Å². The van der Waals surface area contributed by atoms with Crippen LogP contribution in [-0.4, -0.2) is 39.6 Å². The second kappa shape index (κ2) is 4.00. The molecule has 0 spiro atoms. The van der Waals surface area contributed by atoms with Gasteiger partial charge in [0.05, 0.1) is 17.2 Å². The Morgan fingerprint density at radius 3 is 2.94 bits per heavy atom. The fourth-order valence-electron chi connectivity index (χ4n) is 2.58. The minimum Gasteiger partial charge on any atom is -0.306 e. The highest BCUT2D eigenvalue weighted by molar-refractivity contribution is 5.73. The molecule has 1 fully saturated rings. The number of likely N-dealkylation sites (tertiary alicyclic amines) is 1. The van der Waals surface area contributed by atoms with Gasteiger partial charge in [-0.1, -0.05) is 0 Å². The van der Waals surface area contributed by atoms with Gasteiger partial charge in [-0.2, -0.15) is 0 Å². The molecule has 90 valence electrons. The molecule has 3 heterocycles. The molecule has 0 bridgehead atoms. The number of hydrogen-bond acceptors (Lipinski definition) is 3. The van der Waals surface area contributed by atoms with Crippen LogP contribution < -0.4 is 5.69 Å². The maximum Gasteiger partial charge on any atom is 0.326 e. The van der Waals surface area contributed by atoms with Crippen molar-refractivity contribution in [2.24, 2.45) is 0 Å². The van der Waals surface area contributed by atoms with E-state index >= 15 is 0 Å². The Bertz CT molecular complexity index is 577. The monoisotopic (exact) mass is 232 g/mol. The average Bonchev–Trinajstić information content (AvgIpc) is 2.66. The van der Waals surface area contributed by atoms with Crippen molar-refractivity contribution >= 4 is 11.0 Å². The zero-order chi connectivity index (χ0) is 11.8. The summed E-state index contributed by atoms with van der Waals surface area (Å²) in [6.07, 6.45) is 5.53. The Labute approximate surface area is 99.1 Å². The quantitative estimate of drug-likeness (QED) is 0.797. The zero-order valence-electron chi connectivity index (χ0n) is 9.89. The molecule has 3 rings (SSSR count). The molecule has 0 aromatic carbocycles. The topological polar surface area (TPSA) is 53.9 Å². The van der Waals surface area contributed by atoms with Gasteiger partial charge in [0.15, 0.2) is 0 Å². The molecule has 0 saturated carbocycles. The Hall–Kier alpha value is -1.62. The first-order chi connectivity index (χ1) is 8.25. The van der Waals surface area contributed by atoms with E-state index in [4.69, 9.17) is 0 Å². The van der Waals surface area contributed by atoms with E-state index in [0.29, 0.717) is 6.04 Å². The van der Waals surface area contributed by atoms with Gasteiger partial charge in [-0.05, 0) is 39.0 Å². The number of hydrogen-bond donors (Lipinski definition) is 1. The minimum absolute atomic E-state index is 0.0115. The molecule has 1 aliphatic rings. The van der Waals surface area contributed by atoms with Crippen molar-refractivity contribution in [1.82, 2.24) is 19.4 Å². The number of pyridine rings is 1. The fraction of sp³-hybridized carbons (Fsp3) is 0.500. The number of nitrogens with zero attached hydrogens (tertiary/aromatic N) is 3. The molecular formula is C12H16N4O. The first-order valence-corrected chi connectivity index (χ1v) is 5.98. The SMILES string of the molecule is CN1CCC(n2c(=O)[nH]c3ccncc32)CC1. The number of piperidine rings is 1. The van der Waals surface area contributed by atoms with Crippen molar-refractivity contribution < 1.29 is 0 Å². The smallest absolute Gasteiger partial charge is 0.306 e. The molecule has 0 aliphatic carbocycles. The van der Waals surface area contributed by atoms with Gasteiger partial charge < -0.3 is 9.88 Å². The summed E-state index contributed by atoms with van der Waals surface area (Å²) in [5.41, 5.74) is 1.79. The number of H-pyrrole nitrogens is 1. The van der Waals surface area contributed by atoms with E-state index in [9.17, 15) is 4.79 Å². The van der Waals surface area contributed by atoms with Gasteiger partial charge in [-0.25, -0.2) is 4.79 Å². The maximum atomic E-state index is 12.0. The van der Waals surface area contributed by atoms with Gasteiger partial charge in [0.2, 0.25) is 0 Å². The van der Waals surface area contributed by atoms with Crippen LogP contribution in [0.2, 0.25) is 0 Å². The largest absolute Gasteiger partial charge is 0.326 e. The number of fused-ring (bicyclic) bond motifs is 1. The predicted octanol–water partition coefficient (Wildman–Crippen LogP) is 0.991. The lowest BCUT2D eigenvalue weighted by molar-refractivity contribution is 0.221. The van der Waals surface area contributed by atoms with Gasteiger partial charge in [0.1, 0.15) is 0 Å². The average molecular weight is 232 g/mol. The Balaban J connectivity index is 2.05. The Morgan fingerprint density at radius 1 is 1.41 bits per heavy atom. The number of aromatic nitrogens is 3. The first-order valence-electron chi connectivity index (χ1n) is 5.98. The summed E-state index contributed by atoms with van der Waals surface area (Å²) in [6, 6.07) is 2.15. The van der Waals surface area contributed by atoms with E-state index in [1.165, 1.54) is 0 Å². The molecule has 1 saturated heterocycles. The number of nitrogens with one attached hydrogen (secondary N) is 1. The van der Waals surface area contributed by atoms with Crippen LogP contribution in [0.1, 0.15) is 18.9 Å². The number of aromatic amines is 1. The van der Waals surface area contributed by atoms with Crippen molar-refractivity contribution in [3.63, 3.8) is 0 Å². The highest BCUT2D eigenvalue weighted by Gasteiger charge is 2.21. The van der Waals surface area contributed by atoms with Gasteiger partial charge >= 0.3 is 5.69 Å². The third kappa shape index (κ3) is 1.76. The van der Waals surface area contributed by atoms with E-state index in [1.54, 1.807) is 12.4 Å². The van der Waals surface area contributed by atoms with Gasteiger partial charge in [-0.15, -0.1) is 0 Å². The van der Waals surface area contributed by atoms with E-state index < -0.39 is 0 Å². The van der Waals surface area contributed by atoms with E-state index in [1.807, 2.05) is 10.6 Å². The molecule has 2 aromatic rings. The minimum atomic E-state index is -0.0115. The van der Waals surface area contributed by atoms with Gasteiger partial charge in [0.25, 0.3) is 0 Å². The Kier molecular flexibility index (Phi) is 2.48. The number of imidazole rings is 1.